The number of benzene rings is 3. The SMILES string of the molecule is CN(C)c1cccc(C=C2c3ccccc3-c3ccccc32)c1. The minimum absolute atomic E-state index is 1.22. The second-order valence-corrected chi connectivity index (χ2v) is 6.14. The van der Waals surface area contributed by atoms with E-state index in [1.165, 1.54) is 39.1 Å². The minimum atomic E-state index is 1.22. The van der Waals surface area contributed by atoms with E-state index in [0.29, 0.717) is 0 Å². The van der Waals surface area contributed by atoms with Gasteiger partial charge in [-0.25, -0.2) is 0 Å². The Morgan fingerprint density at radius 3 is 1.78 bits per heavy atom. The molecule has 0 unspecified atom stereocenters. The standard InChI is InChI=1S/C22H19N/c1-23(2)17-9-7-8-16(14-17)15-22-20-12-5-3-10-18(20)19-11-4-6-13-21(19)22/h3-15H,1-2H3. The smallest absolute Gasteiger partial charge is 0.0367 e. The lowest BCUT2D eigenvalue weighted by atomic mass is 10.0. The summed E-state index contributed by atoms with van der Waals surface area (Å²) in [7, 11) is 4.15. The van der Waals surface area contributed by atoms with Crippen molar-refractivity contribution in [1.29, 1.82) is 0 Å². The summed E-state index contributed by atoms with van der Waals surface area (Å²) in [6.45, 7) is 0. The van der Waals surface area contributed by atoms with E-state index in [4.69, 9.17) is 0 Å². The molecule has 0 aliphatic heterocycles. The molecule has 1 aliphatic rings. The van der Waals surface area contributed by atoms with Crippen molar-refractivity contribution in [2.45, 2.75) is 0 Å². The van der Waals surface area contributed by atoms with Gasteiger partial charge in [-0.15, -0.1) is 0 Å². The van der Waals surface area contributed by atoms with Gasteiger partial charge >= 0.3 is 0 Å². The molecule has 0 atom stereocenters. The van der Waals surface area contributed by atoms with Crippen LogP contribution >= 0.6 is 0 Å². The lowest BCUT2D eigenvalue weighted by Gasteiger charge is -2.13. The van der Waals surface area contributed by atoms with Crippen LogP contribution in [0.15, 0.2) is 72.8 Å². The minimum Gasteiger partial charge on any atom is -0.378 e. The molecule has 0 bridgehead atoms. The molecule has 0 spiro atoms. The van der Waals surface area contributed by atoms with Gasteiger partial charge in [0.05, 0.1) is 0 Å². The predicted octanol–water partition coefficient (Wildman–Crippen LogP) is 5.32. The fraction of sp³-hybridized carbons (Fsp3) is 0.0909. The van der Waals surface area contributed by atoms with Gasteiger partial charge in [-0.05, 0) is 51.6 Å². The van der Waals surface area contributed by atoms with Crippen molar-refractivity contribution >= 4 is 17.3 Å². The molecule has 3 aromatic rings. The molecule has 3 aromatic carbocycles. The first-order valence-corrected chi connectivity index (χ1v) is 7.92. The van der Waals surface area contributed by atoms with Crippen LogP contribution in [0.25, 0.3) is 22.8 Å². The molecule has 112 valence electrons. The maximum atomic E-state index is 2.30. The number of hydrogen-bond acceptors (Lipinski definition) is 1. The fourth-order valence-electron chi connectivity index (χ4n) is 3.27. The summed E-state index contributed by atoms with van der Waals surface area (Å²) >= 11 is 0. The van der Waals surface area contributed by atoms with E-state index >= 15 is 0 Å². The lowest BCUT2D eigenvalue weighted by Crippen LogP contribution is -2.08. The van der Waals surface area contributed by atoms with E-state index in [1.54, 1.807) is 0 Å². The highest BCUT2D eigenvalue weighted by molar-refractivity contribution is 6.06. The quantitative estimate of drug-likeness (QED) is 0.484. The summed E-state index contributed by atoms with van der Waals surface area (Å²) in [5.41, 5.74) is 9.08. The number of fused-ring (bicyclic) bond motifs is 3. The maximum absolute atomic E-state index is 2.30. The summed E-state index contributed by atoms with van der Waals surface area (Å²) in [6, 6.07) is 26.0. The second-order valence-electron chi connectivity index (χ2n) is 6.14. The van der Waals surface area contributed by atoms with Crippen molar-refractivity contribution < 1.29 is 0 Å². The number of nitrogens with zero attached hydrogens (tertiary/aromatic N) is 1. The highest BCUT2D eigenvalue weighted by atomic mass is 15.1. The van der Waals surface area contributed by atoms with Crippen molar-refractivity contribution in [2.24, 2.45) is 0 Å². The summed E-state index contributed by atoms with van der Waals surface area (Å²) in [6.07, 6.45) is 2.30. The predicted molar refractivity (Wildman–Crippen MR) is 99.6 cm³/mol. The molecule has 0 saturated heterocycles. The normalized spacial score (nSPS) is 11.8. The second kappa shape index (κ2) is 5.44. The Kier molecular flexibility index (Phi) is 3.27. The first-order valence-electron chi connectivity index (χ1n) is 7.92. The van der Waals surface area contributed by atoms with Crippen LogP contribution < -0.4 is 4.90 Å². The summed E-state index contributed by atoms with van der Waals surface area (Å²) in [4.78, 5) is 2.14. The van der Waals surface area contributed by atoms with Crippen LogP contribution in [-0.4, -0.2) is 14.1 Å². The van der Waals surface area contributed by atoms with Crippen LogP contribution in [0.1, 0.15) is 16.7 Å². The molecule has 4 rings (SSSR count). The average Bonchev–Trinajstić information content (AvgIpc) is 2.90. The molecule has 23 heavy (non-hydrogen) atoms. The van der Waals surface area contributed by atoms with E-state index in [0.717, 1.165) is 0 Å². The van der Waals surface area contributed by atoms with Gasteiger partial charge in [0.2, 0.25) is 0 Å². The molecule has 0 aromatic heterocycles. The third-order valence-electron chi connectivity index (χ3n) is 4.42. The van der Waals surface area contributed by atoms with Crippen molar-refractivity contribution in [3.8, 4) is 11.1 Å². The Hall–Kier alpha value is -2.80. The Bertz CT molecular complexity index is 856. The van der Waals surface area contributed by atoms with Gasteiger partial charge in [-0.3, -0.25) is 0 Å². The van der Waals surface area contributed by atoms with E-state index in [2.05, 4.69) is 97.9 Å². The molecule has 0 fully saturated rings. The van der Waals surface area contributed by atoms with Crippen molar-refractivity contribution in [1.82, 2.24) is 0 Å². The van der Waals surface area contributed by atoms with Crippen LogP contribution in [0.3, 0.4) is 0 Å². The van der Waals surface area contributed by atoms with Crippen LogP contribution in [0.5, 0.6) is 0 Å². The van der Waals surface area contributed by atoms with E-state index in [1.807, 2.05) is 0 Å². The lowest BCUT2D eigenvalue weighted by molar-refractivity contribution is 1.13. The first-order chi connectivity index (χ1) is 11.2. The Labute approximate surface area is 137 Å². The van der Waals surface area contributed by atoms with E-state index in [-0.39, 0.29) is 0 Å². The zero-order valence-electron chi connectivity index (χ0n) is 13.5. The molecule has 1 nitrogen and oxygen atoms in total. The molecule has 1 aliphatic carbocycles. The zero-order chi connectivity index (χ0) is 15.8. The largest absolute Gasteiger partial charge is 0.378 e. The summed E-state index contributed by atoms with van der Waals surface area (Å²) in [5.74, 6) is 0. The van der Waals surface area contributed by atoms with Gasteiger partial charge in [0, 0.05) is 19.8 Å². The van der Waals surface area contributed by atoms with Crippen LogP contribution in [-0.2, 0) is 0 Å². The van der Waals surface area contributed by atoms with Gasteiger partial charge in [-0.2, -0.15) is 0 Å². The average molecular weight is 297 g/mol. The van der Waals surface area contributed by atoms with Gasteiger partial charge in [0.25, 0.3) is 0 Å². The highest BCUT2D eigenvalue weighted by Crippen LogP contribution is 2.44. The van der Waals surface area contributed by atoms with Gasteiger partial charge in [-0.1, -0.05) is 60.7 Å². The van der Waals surface area contributed by atoms with E-state index < -0.39 is 0 Å². The third kappa shape index (κ3) is 2.35. The third-order valence-corrected chi connectivity index (χ3v) is 4.42. The monoisotopic (exact) mass is 297 g/mol. The molecule has 0 heterocycles. The van der Waals surface area contributed by atoms with Crippen LogP contribution in [0, 0.1) is 0 Å². The Morgan fingerprint density at radius 1 is 0.652 bits per heavy atom. The van der Waals surface area contributed by atoms with Crippen molar-refractivity contribution in [3.63, 3.8) is 0 Å². The number of anilines is 1. The molecule has 0 N–H and O–H groups in total. The maximum Gasteiger partial charge on any atom is 0.0367 e. The van der Waals surface area contributed by atoms with Gasteiger partial charge < -0.3 is 4.90 Å². The highest BCUT2D eigenvalue weighted by Gasteiger charge is 2.22. The fourth-order valence-corrected chi connectivity index (χ4v) is 3.27. The van der Waals surface area contributed by atoms with Crippen molar-refractivity contribution in [2.75, 3.05) is 19.0 Å². The summed E-state index contributed by atoms with van der Waals surface area (Å²) in [5, 5.41) is 0. The number of rotatable bonds is 2. The van der Waals surface area contributed by atoms with Gasteiger partial charge in [0.15, 0.2) is 0 Å². The van der Waals surface area contributed by atoms with Crippen LogP contribution in [0.4, 0.5) is 5.69 Å². The summed E-state index contributed by atoms with van der Waals surface area (Å²) < 4.78 is 0. The Morgan fingerprint density at radius 2 is 1.22 bits per heavy atom. The molecule has 0 amide bonds. The zero-order valence-corrected chi connectivity index (χ0v) is 13.5. The molecule has 0 radical (unpaired) electrons. The number of hydrogen-bond donors (Lipinski definition) is 0. The van der Waals surface area contributed by atoms with Crippen LogP contribution in [0.2, 0.25) is 0 Å². The Balaban J connectivity index is 1.90. The van der Waals surface area contributed by atoms with Gasteiger partial charge in [0.1, 0.15) is 0 Å². The molecular formula is C22H19N. The first kappa shape index (κ1) is 13.8. The molecular weight excluding hydrogens is 278 g/mol. The van der Waals surface area contributed by atoms with E-state index in [9.17, 15) is 0 Å². The molecule has 0 saturated carbocycles. The topological polar surface area (TPSA) is 3.24 Å². The molecule has 1 heteroatoms. The van der Waals surface area contributed by atoms with Crippen molar-refractivity contribution in [3.05, 3.63) is 89.5 Å².